The van der Waals surface area contributed by atoms with Crippen molar-refractivity contribution in [1.29, 1.82) is 0 Å². The summed E-state index contributed by atoms with van der Waals surface area (Å²) in [5.74, 6) is -10.2. The molecule has 27 nitrogen and oxygen atoms in total. The van der Waals surface area contributed by atoms with Crippen molar-refractivity contribution >= 4 is 81.9 Å². The number of amides is 10. The highest BCUT2D eigenvalue weighted by Crippen LogP contribution is 2.20. The normalized spacial score (nSPS) is 20.9. The first-order chi connectivity index (χ1) is 36.1. The Labute approximate surface area is 436 Å². The highest BCUT2D eigenvalue weighted by Gasteiger charge is 2.35. The number of H-pyrrole nitrogens is 1. The van der Waals surface area contributed by atoms with Crippen LogP contribution >= 0.6 is 0 Å². The number of nitrogens with zero attached hydrogens (tertiary/aromatic N) is 2. The van der Waals surface area contributed by atoms with Gasteiger partial charge >= 0.3 is 0 Å². The molecule has 0 saturated carbocycles. The maximum atomic E-state index is 14.5. The topological polar surface area (TPSA) is 464 Å². The van der Waals surface area contributed by atoms with Gasteiger partial charge < -0.3 is 81.9 Å². The SMILES string of the molecule is CC(=O)N[C@@H](CCCN=C(N)N)C(=O)N[C@H]1CCC(=O)NCCCC(C(N)=O)NC(=O)[C@H](Cc2c[nH]c3ccccc23)NC(=O)[C@H](CCCN=C(N)N)NC(=O)[C@@H](Cc2ccc(F)cc2)NC(=O)[C@H](CC(N)=O)NC1=O. The van der Waals surface area contributed by atoms with Gasteiger partial charge in [0.15, 0.2) is 11.9 Å². The fourth-order valence-corrected chi connectivity index (χ4v) is 8.08. The second-order valence-electron chi connectivity index (χ2n) is 18.0. The Morgan fingerprint density at radius 2 is 1.30 bits per heavy atom. The van der Waals surface area contributed by atoms with E-state index in [4.69, 9.17) is 34.4 Å². The fourth-order valence-electron chi connectivity index (χ4n) is 8.08. The van der Waals surface area contributed by atoms with Crippen LogP contribution in [0.4, 0.5) is 4.39 Å². The smallest absolute Gasteiger partial charge is 0.243 e. The van der Waals surface area contributed by atoms with Crippen LogP contribution in [0.25, 0.3) is 10.9 Å². The molecule has 2 aromatic carbocycles. The van der Waals surface area contributed by atoms with Crippen LogP contribution in [-0.4, -0.2) is 138 Å². The Balaban J connectivity index is 1.79. The molecule has 21 N–H and O–H groups in total. The molecular formula is C48H68FN17O10. The third-order valence-electron chi connectivity index (χ3n) is 11.9. The van der Waals surface area contributed by atoms with E-state index in [9.17, 15) is 52.3 Å². The number of aromatic amines is 1. The van der Waals surface area contributed by atoms with Gasteiger partial charge in [-0.25, -0.2) is 4.39 Å². The van der Waals surface area contributed by atoms with Crippen molar-refractivity contribution in [3.63, 3.8) is 0 Å². The molecule has 28 heteroatoms. The quantitative estimate of drug-likeness (QED) is 0.0326. The Hall–Kier alpha value is -8.85. The average Bonchev–Trinajstić information content (AvgIpc) is 3.76. The number of halogens is 1. The fraction of sp³-hybridized carbons (Fsp3) is 0.458. The number of carbonyl (C=O) groups excluding carboxylic acids is 10. The van der Waals surface area contributed by atoms with E-state index in [1.165, 1.54) is 12.1 Å². The number of hydrogen-bond acceptors (Lipinski definition) is 12. The van der Waals surface area contributed by atoms with Gasteiger partial charge in [0, 0.05) is 62.9 Å². The minimum absolute atomic E-state index is 0.0129. The molecule has 1 unspecified atom stereocenters. The summed E-state index contributed by atoms with van der Waals surface area (Å²) >= 11 is 0. The van der Waals surface area contributed by atoms with Crippen LogP contribution < -0.4 is 76.9 Å². The zero-order valence-corrected chi connectivity index (χ0v) is 42.0. The van der Waals surface area contributed by atoms with Crippen molar-refractivity contribution in [3.05, 3.63) is 71.7 Å². The lowest BCUT2D eigenvalue weighted by Crippen LogP contribution is -2.60. The van der Waals surface area contributed by atoms with Gasteiger partial charge in [-0.1, -0.05) is 30.3 Å². The Kier molecular flexibility index (Phi) is 23.4. The van der Waals surface area contributed by atoms with E-state index < -0.39 is 126 Å². The standard InChI is InChI=1S/C48H68FN17O10/c1-25(67)60-32(10-5-19-57-47(52)53)41(71)63-34-16-17-39(69)56-18-4-9-31(40(51)70)61-45(75)36(22-27-24-59-30-8-3-2-7-29(27)30)65-42(72)33(11-6-20-58-48(54)55)62-44(74)35(21-26-12-14-28(49)15-13-26)64-46(76)37(23-38(50)68)66-43(34)73/h2-3,7-8,12-15,24,31-37,59H,4-6,9-11,16-23H2,1H3,(H2,50,68)(H2,51,70)(H,56,69)(H,60,67)(H,61,75)(H,62,74)(H,63,71)(H,64,76)(H,65,72)(H,66,73)(H4,52,53,57)(H4,54,55,58)/t31?,32-,33-,34-,35+,36-,37-/m0/s1. The summed E-state index contributed by atoms with van der Waals surface area (Å²) in [6, 6.07) is 1.45. The van der Waals surface area contributed by atoms with E-state index in [0.717, 1.165) is 24.6 Å². The largest absolute Gasteiger partial charge is 0.370 e. The molecule has 7 atom stereocenters. The predicted octanol–water partition coefficient (Wildman–Crippen LogP) is -4.34. The molecule has 0 spiro atoms. The van der Waals surface area contributed by atoms with Crippen LogP contribution in [0.2, 0.25) is 0 Å². The van der Waals surface area contributed by atoms with Crippen LogP contribution in [-0.2, 0) is 60.8 Å². The summed E-state index contributed by atoms with van der Waals surface area (Å²) in [6.07, 6.45) is -0.482. The van der Waals surface area contributed by atoms with Crippen molar-refractivity contribution in [2.24, 2.45) is 44.4 Å². The van der Waals surface area contributed by atoms with Gasteiger partial charge in [0.05, 0.1) is 6.42 Å². The third-order valence-corrected chi connectivity index (χ3v) is 11.9. The average molecular weight is 1060 g/mol. The van der Waals surface area contributed by atoms with Crippen LogP contribution in [0.1, 0.15) is 75.8 Å². The summed E-state index contributed by atoms with van der Waals surface area (Å²) in [4.78, 5) is 147. The molecule has 3 aromatic rings. The molecule has 1 saturated heterocycles. The van der Waals surface area contributed by atoms with E-state index in [-0.39, 0.29) is 82.9 Å². The van der Waals surface area contributed by atoms with Crippen LogP contribution in [0, 0.1) is 5.82 Å². The van der Waals surface area contributed by atoms with Gasteiger partial charge in [0.25, 0.3) is 0 Å². The number of fused-ring (bicyclic) bond motifs is 1. The summed E-state index contributed by atoms with van der Waals surface area (Å²) in [7, 11) is 0. The minimum atomic E-state index is -1.84. The molecule has 0 radical (unpaired) electrons. The van der Waals surface area contributed by atoms with Gasteiger partial charge in [-0.2, -0.15) is 0 Å². The molecular weight excluding hydrogens is 994 g/mol. The third kappa shape index (κ3) is 20.2. The number of nitrogens with two attached hydrogens (primary N) is 6. The second-order valence-corrected chi connectivity index (χ2v) is 18.0. The molecule has 76 heavy (non-hydrogen) atoms. The van der Waals surface area contributed by atoms with Crippen molar-refractivity contribution in [2.75, 3.05) is 19.6 Å². The maximum Gasteiger partial charge on any atom is 0.243 e. The zero-order valence-electron chi connectivity index (χ0n) is 42.0. The van der Waals surface area contributed by atoms with E-state index in [2.05, 4.69) is 57.5 Å². The number of hydrogen-bond donors (Lipinski definition) is 15. The number of guanidine groups is 2. The molecule has 1 aliphatic rings. The number of para-hydroxylation sites is 1. The second kappa shape index (κ2) is 29.7. The van der Waals surface area contributed by atoms with Crippen LogP contribution in [0.15, 0.2) is 64.7 Å². The Bertz CT molecular complexity index is 2620. The summed E-state index contributed by atoms with van der Waals surface area (Å²) in [5, 5.41) is 21.1. The van der Waals surface area contributed by atoms with Gasteiger partial charge in [0.2, 0.25) is 59.1 Å². The molecule has 0 aliphatic carbocycles. The number of rotatable bonds is 18. The van der Waals surface area contributed by atoms with Crippen molar-refractivity contribution in [3.8, 4) is 0 Å². The Morgan fingerprint density at radius 1 is 0.711 bits per heavy atom. The number of benzene rings is 2. The molecule has 4 rings (SSSR count). The maximum absolute atomic E-state index is 14.5. The number of primary amides is 2. The Morgan fingerprint density at radius 3 is 1.95 bits per heavy atom. The van der Waals surface area contributed by atoms with E-state index >= 15 is 0 Å². The lowest BCUT2D eigenvalue weighted by atomic mass is 10.0. The van der Waals surface area contributed by atoms with Crippen LogP contribution in [0.3, 0.4) is 0 Å². The number of aromatic nitrogens is 1. The molecule has 1 aromatic heterocycles. The van der Waals surface area contributed by atoms with Crippen molar-refractivity contribution in [1.82, 2.24) is 47.5 Å². The molecule has 412 valence electrons. The lowest BCUT2D eigenvalue weighted by Gasteiger charge is -2.28. The lowest BCUT2D eigenvalue weighted by molar-refractivity contribution is -0.136. The molecule has 1 fully saturated rings. The highest BCUT2D eigenvalue weighted by atomic mass is 19.1. The van der Waals surface area contributed by atoms with E-state index in [0.29, 0.717) is 16.5 Å². The van der Waals surface area contributed by atoms with E-state index in [1.807, 2.05) is 0 Å². The first kappa shape index (κ1) is 59.7. The molecule has 0 bridgehead atoms. The van der Waals surface area contributed by atoms with Crippen molar-refractivity contribution < 1.29 is 52.3 Å². The minimum Gasteiger partial charge on any atom is -0.370 e. The summed E-state index contributed by atoms with van der Waals surface area (Å²) < 4.78 is 14.1. The molecule has 2 heterocycles. The predicted molar refractivity (Wildman–Crippen MR) is 276 cm³/mol. The molecule has 10 amide bonds. The van der Waals surface area contributed by atoms with Gasteiger partial charge in [-0.3, -0.25) is 57.9 Å². The zero-order chi connectivity index (χ0) is 55.9. The molecule has 1 aliphatic heterocycles. The van der Waals surface area contributed by atoms with Crippen LogP contribution in [0.5, 0.6) is 0 Å². The van der Waals surface area contributed by atoms with Gasteiger partial charge in [0.1, 0.15) is 48.1 Å². The highest BCUT2D eigenvalue weighted by molar-refractivity contribution is 5.99. The first-order valence-corrected chi connectivity index (χ1v) is 24.4. The number of nitrogens with one attached hydrogen (secondary N) is 9. The first-order valence-electron chi connectivity index (χ1n) is 24.4. The monoisotopic (exact) mass is 1060 g/mol. The number of aliphatic imine (C=N–C) groups is 2. The summed E-state index contributed by atoms with van der Waals surface area (Å²) in [6.45, 7) is 1.15. The number of carbonyl (C=O) groups is 10. The van der Waals surface area contributed by atoms with Crippen molar-refractivity contribution in [2.45, 2.75) is 120 Å². The van der Waals surface area contributed by atoms with Gasteiger partial charge in [-0.05, 0) is 74.3 Å². The summed E-state index contributed by atoms with van der Waals surface area (Å²) in [5.41, 5.74) is 34.8. The van der Waals surface area contributed by atoms with E-state index in [1.54, 1.807) is 30.5 Å². The van der Waals surface area contributed by atoms with Gasteiger partial charge in [-0.15, -0.1) is 0 Å².